The molecule has 0 aliphatic carbocycles. The minimum Gasteiger partial charge on any atom is -0.207 e. The molecule has 3 aromatic rings. The second-order valence-corrected chi connectivity index (χ2v) is 6.25. The summed E-state index contributed by atoms with van der Waals surface area (Å²) in [5.74, 6) is 7.05. The van der Waals surface area contributed by atoms with Crippen LogP contribution >= 0.6 is 0 Å². The van der Waals surface area contributed by atoms with Crippen molar-refractivity contribution in [1.82, 2.24) is 0 Å². The van der Waals surface area contributed by atoms with Gasteiger partial charge < -0.3 is 0 Å². The Morgan fingerprint density at radius 1 is 0.536 bits per heavy atom. The van der Waals surface area contributed by atoms with Gasteiger partial charge in [-0.15, -0.1) is 0 Å². The zero-order valence-electron chi connectivity index (χ0n) is 15.1. The zero-order chi connectivity index (χ0) is 20.3. The molecule has 0 saturated carbocycles. The zero-order valence-corrected chi connectivity index (χ0v) is 15.1. The van der Waals surface area contributed by atoms with Gasteiger partial charge in [0.2, 0.25) is 0 Å². The van der Waals surface area contributed by atoms with Crippen LogP contribution in [0.15, 0.2) is 48.5 Å². The molecule has 0 aliphatic heterocycles. The molecule has 0 atom stereocenters. The van der Waals surface area contributed by atoms with Gasteiger partial charge in [-0.3, -0.25) is 0 Å². The lowest BCUT2D eigenvalue weighted by atomic mass is 10.1. The molecule has 0 spiro atoms. The van der Waals surface area contributed by atoms with E-state index in [1.807, 2.05) is 19.1 Å². The third-order valence-corrected chi connectivity index (χ3v) is 4.06. The van der Waals surface area contributed by atoms with E-state index in [1.165, 1.54) is 6.92 Å². The summed E-state index contributed by atoms with van der Waals surface area (Å²) in [7, 11) is 0. The predicted molar refractivity (Wildman–Crippen MR) is 101 cm³/mol. The van der Waals surface area contributed by atoms with Crippen molar-refractivity contribution >= 4 is 0 Å². The molecule has 0 bridgehead atoms. The molecule has 4 heteroatoms. The van der Waals surface area contributed by atoms with Crippen molar-refractivity contribution in [3.8, 4) is 23.7 Å². The first-order chi connectivity index (χ1) is 13.3. The van der Waals surface area contributed by atoms with Gasteiger partial charge in [0.25, 0.3) is 0 Å². The van der Waals surface area contributed by atoms with Gasteiger partial charge >= 0.3 is 0 Å². The van der Waals surface area contributed by atoms with Crippen LogP contribution in [0.25, 0.3) is 0 Å². The predicted octanol–water partition coefficient (Wildman–Crippen LogP) is 5.66. The number of aryl methyl sites for hydroxylation is 1. The molecule has 28 heavy (non-hydrogen) atoms. The van der Waals surface area contributed by atoms with E-state index in [0.717, 1.165) is 29.8 Å². The van der Waals surface area contributed by atoms with E-state index in [1.54, 1.807) is 12.1 Å². The SMILES string of the molecule is Cc1ccc(C#Cc2c(F)cc(C#Cc3cc(F)c(C)c(F)c3)cc2F)cc1. The minimum absolute atomic E-state index is 0.0391. The molecule has 3 rings (SSSR count). The summed E-state index contributed by atoms with van der Waals surface area (Å²) < 4.78 is 55.6. The summed E-state index contributed by atoms with van der Waals surface area (Å²) in [6.07, 6.45) is 0. The first kappa shape index (κ1) is 19.3. The molecule has 0 radical (unpaired) electrons. The van der Waals surface area contributed by atoms with E-state index in [9.17, 15) is 17.6 Å². The second-order valence-electron chi connectivity index (χ2n) is 6.25. The van der Waals surface area contributed by atoms with Gasteiger partial charge in [-0.1, -0.05) is 41.4 Å². The van der Waals surface area contributed by atoms with E-state index < -0.39 is 23.3 Å². The summed E-state index contributed by atoms with van der Waals surface area (Å²) in [5, 5.41) is 0. The lowest BCUT2D eigenvalue weighted by Crippen LogP contribution is -1.93. The highest BCUT2D eigenvalue weighted by Gasteiger charge is 2.09. The summed E-state index contributed by atoms with van der Waals surface area (Å²) in [6, 6.07) is 11.4. The van der Waals surface area contributed by atoms with E-state index in [-0.39, 0.29) is 22.3 Å². The molecule has 0 heterocycles. The fraction of sp³-hybridized carbons (Fsp3) is 0.0833. The third-order valence-electron chi connectivity index (χ3n) is 4.06. The lowest BCUT2D eigenvalue weighted by Gasteiger charge is -2.00. The van der Waals surface area contributed by atoms with Crippen molar-refractivity contribution in [1.29, 1.82) is 0 Å². The van der Waals surface area contributed by atoms with Gasteiger partial charge in [0.1, 0.15) is 23.3 Å². The first-order valence-electron chi connectivity index (χ1n) is 8.39. The van der Waals surface area contributed by atoms with E-state index >= 15 is 0 Å². The minimum atomic E-state index is -0.856. The van der Waals surface area contributed by atoms with Gasteiger partial charge in [0.05, 0.1) is 5.56 Å². The molecule has 0 fully saturated rings. The highest BCUT2D eigenvalue weighted by atomic mass is 19.1. The standard InChI is InChI=1S/C24H14F4/c1-15-3-5-17(6-4-15)9-10-20-23(27)13-19(14-24(20)28)8-7-18-11-21(25)16(2)22(26)12-18/h3-6,11-14H,1-2H3. The summed E-state index contributed by atoms with van der Waals surface area (Å²) in [4.78, 5) is 0. The Morgan fingerprint density at radius 2 is 0.964 bits per heavy atom. The molecule has 0 aromatic heterocycles. The topological polar surface area (TPSA) is 0 Å². The van der Waals surface area contributed by atoms with Crippen molar-refractivity contribution in [2.45, 2.75) is 13.8 Å². The van der Waals surface area contributed by atoms with Crippen LogP contribution in [0, 0.1) is 60.8 Å². The van der Waals surface area contributed by atoms with Crippen molar-refractivity contribution in [2.75, 3.05) is 0 Å². The highest BCUT2D eigenvalue weighted by molar-refractivity contribution is 5.49. The Hall–Kier alpha value is -3.50. The fourth-order valence-electron chi connectivity index (χ4n) is 2.40. The number of hydrogen-bond acceptors (Lipinski definition) is 0. The fourth-order valence-corrected chi connectivity index (χ4v) is 2.40. The molecular weight excluding hydrogens is 364 g/mol. The highest BCUT2D eigenvalue weighted by Crippen LogP contribution is 2.16. The van der Waals surface area contributed by atoms with Gasteiger partial charge in [0.15, 0.2) is 0 Å². The van der Waals surface area contributed by atoms with Crippen LogP contribution in [0.1, 0.15) is 33.4 Å². The smallest absolute Gasteiger partial charge is 0.143 e. The summed E-state index contributed by atoms with van der Waals surface area (Å²) in [6.45, 7) is 3.23. The number of benzene rings is 3. The number of hydrogen-bond donors (Lipinski definition) is 0. The molecule has 138 valence electrons. The quantitative estimate of drug-likeness (QED) is 0.350. The monoisotopic (exact) mass is 378 g/mol. The molecule has 3 aromatic carbocycles. The Balaban J connectivity index is 1.90. The van der Waals surface area contributed by atoms with Gasteiger partial charge in [-0.2, -0.15) is 0 Å². The maximum Gasteiger partial charge on any atom is 0.143 e. The van der Waals surface area contributed by atoms with Crippen LogP contribution in [0.3, 0.4) is 0 Å². The molecular formula is C24H14F4. The van der Waals surface area contributed by atoms with Crippen LogP contribution in [-0.2, 0) is 0 Å². The van der Waals surface area contributed by atoms with Gasteiger partial charge in [0, 0.05) is 22.3 Å². The second kappa shape index (κ2) is 8.03. The Kier molecular flexibility index (Phi) is 5.52. The maximum absolute atomic E-state index is 14.3. The van der Waals surface area contributed by atoms with E-state index in [2.05, 4.69) is 23.7 Å². The molecule has 0 unspecified atom stereocenters. The Morgan fingerprint density at radius 3 is 1.46 bits per heavy atom. The third kappa shape index (κ3) is 4.42. The lowest BCUT2D eigenvalue weighted by molar-refractivity contribution is 0.567. The number of rotatable bonds is 0. The normalized spacial score (nSPS) is 9.93. The summed E-state index contributed by atoms with van der Waals surface area (Å²) >= 11 is 0. The van der Waals surface area contributed by atoms with Crippen LogP contribution < -0.4 is 0 Å². The van der Waals surface area contributed by atoms with Gasteiger partial charge in [-0.25, -0.2) is 17.6 Å². The first-order valence-corrected chi connectivity index (χ1v) is 8.39. The Labute approximate surface area is 160 Å². The average Bonchev–Trinajstić information content (AvgIpc) is 2.65. The Bertz CT molecular complexity index is 1120. The van der Waals surface area contributed by atoms with Crippen molar-refractivity contribution in [2.24, 2.45) is 0 Å². The average molecular weight is 378 g/mol. The van der Waals surface area contributed by atoms with Gasteiger partial charge in [-0.05, 0) is 50.2 Å². The van der Waals surface area contributed by atoms with Crippen LogP contribution in [0.5, 0.6) is 0 Å². The maximum atomic E-state index is 14.3. The molecule has 0 amide bonds. The van der Waals surface area contributed by atoms with Crippen molar-refractivity contribution in [3.05, 3.63) is 105 Å². The summed E-state index contributed by atoms with van der Waals surface area (Å²) in [5.41, 5.74) is 1.33. The van der Waals surface area contributed by atoms with E-state index in [0.29, 0.717) is 5.56 Å². The van der Waals surface area contributed by atoms with Crippen molar-refractivity contribution in [3.63, 3.8) is 0 Å². The van der Waals surface area contributed by atoms with E-state index in [4.69, 9.17) is 0 Å². The van der Waals surface area contributed by atoms with Crippen LogP contribution in [-0.4, -0.2) is 0 Å². The molecule has 0 aliphatic rings. The molecule has 0 nitrogen and oxygen atoms in total. The largest absolute Gasteiger partial charge is 0.207 e. The van der Waals surface area contributed by atoms with Crippen LogP contribution in [0.4, 0.5) is 17.6 Å². The molecule has 0 N–H and O–H groups in total. The van der Waals surface area contributed by atoms with Crippen molar-refractivity contribution < 1.29 is 17.6 Å². The molecule has 0 saturated heterocycles. The number of halogens is 4. The van der Waals surface area contributed by atoms with Crippen LogP contribution in [0.2, 0.25) is 0 Å².